The lowest BCUT2D eigenvalue weighted by atomic mass is 10.1. The number of rotatable bonds is 6. The van der Waals surface area contributed by atoms with Crippen molar-refractivity contribution in [1.82, 2.24) is 20.5 Å². The Labute approximate surface area is 147 Å². The molecule has 1 aromatic carbocycles. The van der Waals surface area contributed by atoms with Gasteiger partial charge >= 0.3 is 6.03 Å². The Hall–Kier alpha value is -3.07. The van der Waals surface area contributed by atoms with Crippen molar-refractivity contribution < 1.29 is 18.3 Å². The molecule has 0 saturated heterocycles. The van der Waals surface area contributed by atoms with E-state index in [1.165, 1.54) is 12.3 Å². The number of ether oxygens (including phenoxy) is 1. The number of halogens is 2. The molecule has 2 amide bonds. The van der Waals surface area contributed by atoms with Crippen molar-refractivity contribution in [3.63, 3.8) is 0 Å². The van der Waals surface area contributed by atoms with Gasteiger partial charge in [-0.1, -0.05) is 30.3 Å². The Morgan fingerprint density at radius 1 is 1.31 bits per heavy atom. The molecule has 1 atom stereocenters. The number of aromatic amines is 1. The maximum absolute atomic E-state index is 12.8. The minimum atomic E-state index is -2.68. The Morgan fingerprint density at radius 3 is 2.77 bits per heavy atom. The minimum absolute atomic E-state index is 0.201. The van der Waals surface area contributed by atoms with Crippen molar-refractivity contribution in [3.05, 3.63) is 53.9 Å². The summed E-state index contributed by atoms with van der Waals surface area (Å²) in [6.07, 6.45) is -1.43. The summed E-state index contributed by atoms with van der Waals surface area (Å²) in [5, 5.41) is 11.7. The smallest absolute Gasteiger partial charge is 0.320 e. The number of pyridine rings is 1. The van der Waals surface area contributed by atoms with Gasteiger partial charge in [0.1, 0.15) is 11.5 Å². The molecule has 0 spiro atoms. The van der Waals surface area contributed by atoms with Gasteiger partial charge in [0.05, 0.1) is 18.2 Å². The number of carbonyl (C=O) groups excluding carboxylic acids is 1. The maximum Gasteiger partial charge on any atom is 0.320 e. The minimum Gasteiger partial charge on any atom is -0.382 e. The van der Waals surface area contributed by atoms with E-state index >= 15 is 0 Å². The number of nitrogens with one attached hydrogen (secondary N) is 3. The second kappa shape index (κ2) is 7.87. The fourth-order valence-corrected chi connectivity index (χ4v) is 2.54. The highest BCUT2D eigenvalue weighted by Crippen LogP contribution is 2.25. The van der Waals surface area contributed by atoms with Crippen LogP contribution in [0.2, 0.25) is 0 Å². The highest BCUT2D eigenvalue weighted by atomic mass is 19.3. The highest BCUT2D eigenvalue weighted by molar-refractivity contribution is 5.91. The van der Waals surface area contributed by atoms with Gasteiger partial charge in [0.2, 0.25) is 0 Å². The number of anilines is 1. The van der Waals surface area contributed by atoms with E-state index in [4.69, 9.17) is 4.74 Å². The number of nitrogens with zero attached hydrogens (tertiary/aromatic N) is 2. The van der Waals surface area contributed by atoms with Crippen LogP contribution in [0.15, 0.2) is 42.6 Å². The molecule has 0 radical (unpaired) electrons. The van der Waals surface area contributed by atoms with E-state index in [1.54, 1.807) is 7.11 Å². The molecular weight excluding hydrogens is 344 g/mol. The second-order valence-corrected chi connectivity index (χ2v) is 5.54. The van der Waals surface area contributed by atoms with Gasteiger partial charge in [0.25, 0.3) is 6.43 Å². The molecule has 0 aliphatic carbocycles. The number of H-pyrrole nitrogens is 1. The topological polar surface area (TPSA) is 91.9 Å². The lowest BCUT2D eigenvalue weighted by molar-refractivity contribution is 0.147. The standard InChI is InChI=1S/C17H17F2N5O2/c1-26-9-13(10-5-3-2-4-6-10)21-17(25)22-14-7-12-11(8-20-14)15(16(18)19)24-23-12/h2-8,13,16H,9H2,1H3,(H,23,24)(H2,20,21,22,25). The van der Waals surface area contributed by atoms with Crippen LogP contribution in [0.1, 0.15) is 23.7 Å². The van der Waals surface area contributed by atoms with Crippen molar-refractivity contribution in [2.24, 2.45) is 0 Å². The third-order valence-electron chi connectivity index (χ3n) is 3.77. The molecule has 2 heterocycles. The molecule has 26 heavy (non-hydrogen) atoms. The first-order valence-electron chi connectivity index (χ1n) is 7.82. The van der Waals surface area contributed by atoms with E-state index in [0.29, 0.717) is 12.1 Å². The van der Waals surface area contributed by atoms with Gasteiger partial charge in [-0.2, -0.15) is 5.10 Å². The summed E-state index contributed by atoms with van der Waals surface area (Å²) in [5.74, 6) is 0.201. The summed E-state index contributed by atoms with van der Waals surface area (Å²) in [6, 6.07) is 9.95. The van der Waals surface area contributed by atoms with Crippen molar-refractivity contribution in [2.45, 2.75) is 12.5 Å². The molecule has 2 aromatic heterocycles. The van der Waals surface area contributed by atoms with E-state index in [9.17, 15) is 13.6 Å². The number of alkyl halides is 2. The van der Waals surface area contributed by atoms with E-state index in [0.717, 1.165) is 5.56 Å². The summed E-state index contributed by atoms with van der Waals surface area (Å²) in [5.41, 5.74) is 0.886. The number of methoxy groups -OCH3 is 1. The van der Waals surface area contributed by atoms with Gasteiger partial charge in [-0.25, -0.2) is 18.6 Å². The third kappa shape index (κ3) is 3.94. The number of hydrogen-bond acceptors (Lipinski definition) is 4. The maximum atomic E-state index is 12.8. The Balaban J connectivity index is 1.71. The average molecular weight is 361 g/mol. The lowest BCUT2D eigenvalue weighted by Crippen LogP contribution is -2.35. The van der Waals surface area contributed by atoms with Crippen LogP contribution in [0.4, 0.5) is 19.4 Å². The number of fused-ring (bicyclic) bond motifs is 1. The van der Waals surface area contributed by atoms with Gasteiger partial charge in [-0.05, 0) is 5.56 Å². The van der Waals surface area contributed by atoms with Gasteiger partial charge < -0.3 is 10.1 Å². The van der Waals surface area contributed by atoms with Crippen molar-refractivity contribution in [1.29, 1.82) is 0 Å². The van der Waals surface area contributed by atoms with Gasteiger partial charge in [0, 0.05) is 24.8 Å². The largest absolute Gasteiger partial charge is 0.382 e. The Morgan fingerprint density at radius 2 is 2.08 bits per heavy atom. The summed E-state index contributed by atoms with van der Waals surface area (Å²) < 4.78 is 30.8. The van der Waals surface area contributed by atoms with E-state index in [-0.39, 0.29) is 22.9 Å². The van der Waals surface area contributed by atoms with E-state index in [1.807, 2.05) is 30.3 Å². The van der Waals surface area contributed by atoms with Crippen molar-refractivity contribution in [2.75, 3.05) is 19.0 Å². The number of carbonyl (C=O) groups is 1. The van der Waals surface area contributed by atoms with Gasteiger partial charge in [-0.3, -0.25) is 10.4 Å². The number of amides is 2. The molecule has 0 fully saturated rings. The van der Waals surface area contributed by atoms with Crippen LogP contribution < -0.4 is 10.6 Å². The number of hydrogen-bond donors (Lipinski definition) is 3. The van der Waals surface area contributed by atoms with Crippen LogP contribution in [0.5, 0.6) is 0 Å². The first kappa shape index (κ1) is 17.7. The molecule has 3 N–H and O–H groups in total. The second-order valence-electron chi connectivity index (χ2n) is 5.54. The quantitative estimate of drug-likeness (QED) is 0.627. The van der Waals surface area contributed by atoms with Crippen LogP contribution in [0.3, 0.4) is 0 Å². The van der Waals surface area contributed by atoms with E-state index < -0.39 is 12.5 Å². The Bertz CT molecular complexity index is 885. The SMILES string of the molecule is COCC(NC(=O)Nc1cc2n[nH]c(C(F)F)c2cn1)c1ccccc1. The first-order valence-corrected chi connectivity index (χ1v) is 7.82. The fourth-order valence-electron chi connectivity index (χ4n) is 2.54. The zero-order valence-corrected chi connectivity index (χ0v) is 13.9. The zero-order chi connectivity index (χ0) is 18.5. The number of urea groups is 1. The number of aromatic nitrogens is 3. The molecule has 7 nitrogen and oxygen atoms in total. The zero-order valence-electron chi connectivity index (χ0n) is 13.9. The highest BCUT2D eigenvalue weighted by Gasteiger charge is 2.17. The molecular formula is C17H17F2N5O2. The normalized spacial score (nSPS) is 12.3. The van der Waals surface area contributed by atoms with Crippen molar-refractivity contribution in [3.8, 4) is 0 Å². The molecule has 3 aromatic rings. The summed E-state index contributed by atoms with van der Waals surface area (Å²) in [4.78, 5) is 16.2. The van der Waals surface area contributed by atoms with Crippen LogP contribution in [-0.4, -0.2) is 34.9 Å². The van der Waals surface area contributed by atoms with Gasteiger partial charge in [0.15, 0.2) is 0 Å². The summed E-state index contributed by atoms with van der Waals surface area (Å²) in [6.45, 7) is 0.293. The average Bonchev–Trinajstić information content (AvgIpc) is 3.05. The first-order chi connectivity index (χ1) is 12.6. The third-order valence-corrected chi connectivity index (χ3v) is 3.77. The monoisotopic (exact) mass is 361 g/mol. The molecule has 0 bridgehead atoms. The predicted molar refractivity (Wildman–Crippen MR) is 92.1 cm³/mol. The van der Waals surface area contributed by atoms with E-state index in [2.05, 4.69) is 25.8 Å². The summed E-state index contributed by atoms with van der Waals surface area (Å²) >= 11 is 0. The molecule has 1 unspecified atom stereocenters. The molecule has 136 valence electrons. The number of benzene rings is 1. The van der Waals surface area contributed by atoms with Crippen LogP contribution in [0, 0.1) is 0 Å². The summed E-state index contributed by atoms with van der Waals surface area (Å²) in [7, 11) is 1.54. The van der Waals surface area contributed by atoms with Crippen LogP contribution >= 0.6 is 0 Å². The predicted octanol–water partition coefficient (Wildman–Crippen LogP) is 3.40. The van der Waals surface area contributed by atoms with Crippen molar-refractivity contribution >= 4 is 22.8 Å². The Kier molecular flexibility index (Phi) is 5.37. The molecule has 9 heteroatoms. The molecule has 0 aliphatic heterocycles. The fraction of sp³-hybridized carbons (Fsp3) is 0.235. The molecule has 0 saturated carbocycles. The van der Waals surface area contributed by atoms with Crippen LogP contribution in [-0.2, 0) is 4.74 Å². The van der Waals surface area contributed by atoms with Gasteiger partial charge in [-0.15, -0.1) is 0 Å². The van der Waals surface area contributed by atoms with Crippen LogP contribution in [0.25, 0.3) is 10.9 Å². The molecule has 3 rings (SSSR count). The lowest BCUT2D eigenvalue weighted by Gasteiger charge is -2.18. The molecule has 0 aliphatic rings.